The van der Waals surface area contributed by atoms with Crippen molar-refractivity contribution in [2.24, 2.45) is 0 Å². The predicted octanol–water partition coefficient (Wildman–Crippen LogP) is 1.81. The normalized spacial score (nSPS) is 16.5. The van der Waals surface area contributed by atoms with E-state index in [0.717, 1.165) is 48.6 Å². The van der Waals surface area contributed by atoms with Gasteiger partial charge in [-0.2, -0.15) is 4.98 Å². The van der Waals surface area contributed by atoms with Crippen molar-refractivity contribution in [1.29, 1.82) is 0 Å². The molecular weight excluding hydrogens is 354 g/mol. The maximum atomic E-state index is 12.7. The lowest BCUT2D eigenvalue weighted by atomic mass is 9.89. The van der Waals surface area contributed by atoms with E-state index in [9.17, 15) is 19.7 Å². The number of amides is 1. The molecular formula is C17H21N5O5. The van der Waals surface area contributed by atoms with Gasteiger partial charge in [-0.15, -0.1) is 0 Å². The van der Waals surface area contributed by atoms with Crippen LogP contribution in [0.1, 0.15) is 50.2 Å². The number of carbonyl (C=O) groups is 1. The van der Waals surface area contributed by atoms with Crippen LogP contribution < -0.4 is 10.9 Å². The molecule has 0 unspecified atom stereocenters. The zero-order valence-electron chi connectivity index (χ0n) is 15.0. The molecule has 0 saturated heterocycles. The van der Waals surface area contributed by atoms with Crippen LogP contribution >= 0.6 is 0 Å². The predicted molar refractivity (Wildman–Crippen MR) is 93.9 cm³/mol. The largest absolute Gasteiger partial charge is 0.342 e. The van der Waals surface area contributed by atoms with Gasteiger partial charge in [0.15, 0.2) is 5.82 Å². The number of pyridine rings is 1. The molecule has 0 radical (unpaired) electrons. The molecule has 3 rings (SSSR count). The Labute approximate surface area is 154 Å². The Morgan fingerprint density at radius 3 is 2.63 bits per heavy atom. The van der Waals surface area contributed by atoms with Crippen LogP contribution in [-0.4, -0.2) is 25.5 Å². The van der Waals surface area contributed by atoms with Crippen LogP contribution in [0.2, 0.25) is 0 Å². The second kappa shape index (κ2) is 7.68. The van der Waals surface area contributed by atoms with E-state index in [2.05, 4.69) is 15.5 Å². The number of nitro groups is 1. The molecule has 0 aromatic carbocycles. The summed E-state index contributed by atoms with van der Waals surface area (Å²) in [4.78, 5) is 39.2. The van der Waals surface area contributed by atoms with Crippen molar-refractivity contribution in [3.63, 3.8) is 0 Å². The van der Waals surface area contributed by atoms with Crippen molar-refractivity contribution in [3.8, 4) is 0 Å². The lowest BCUT2D eigenvalue weighted by Crippen LogP contribution is -2.48. The molecule has 1 fully saturated rings. The van der Waals surface area contributed by atoms with Crippen LogP contribution in [0.3, 0.4) is 0 Å². The highest BCUT2D eigenvalue weighted by molar-refractivity contribution is 5.76. The molecule has 27 heavy (non-hydrogen) atoms. The Morgan fingerprint density at radius 1 is 1.33 bits per heavy atom. The minimum absolute atomic E-state index is 0.250. The summed E-state index contributed by atoms with van der Waals surface area (Å²) in [7, 11) is 0. The Bertz CT molecular complexity index is 895. The van der Waals surface area contributed by atoms with Crippen LogP contribution in [0.5, 0.6) is 0 Å². The molecule has 10 nitrogen and oxygen atoms in total. The Balaban J connectivity index is 1.84. The van der Waals surface area contributed by atoms with Crippen LogP contribution in [0.15, 0.2) is 27.6 Å². The van der Waals surface area contributed by atoms with Gasteiger partial charge < -0.3 is 9.84 Å². The highest BCUT2D eigenvalue weighted by Gasteiger charge is 2.38. The highest BCUT2D eigenvalue weighted by Crippen LogP contribution is 2.34. The Morgan fingerprint density at radius 2 is 2.04 bits per heavy atom. The van der Waals surface area contributed by atoms with Crippen LogP contribution in [-0.2, 0) is 16.9 Å². The zero-order valence-corrected chi connectivity index (χ0v) is 15.0. The fourth-order valence-electron chi connectivity index (χ4n) is 3.44. The number of rotatable bonds is 5. The SMILES string of the molecule is Cc1nc(C2(NC(=O)Cn3cc([N+](=O)[O-])ccc3=O)CCCCCC2)no1. The summed E-state index contributed by atoms with van der Waals surface area (Å²) in [5.74, 6) is 0.418. The van der Waals surface area contributed by atoms with Crippen molar-refractivity contribution < 1.29 is 14.2 Å². The second-order valence-corrected chi connectivity index (χ2v) is 6.79. The highest BCUT2D eigenvalue weighted by atomic mass is 16.6. The number of nitrogens with one attached hydrogen (secondary N) is 1. The first-order chi connectivity index (χ1) is 12.9. The van der Waals surface area contributed by atoms with Gasteiger partial charge in [-0.3, -0.25) is 24.3 Å². The third-order valence-electron chi connectivity index (χ3n) is 4.78. The number of hydrogen-bond acceptors (Lipinski definition) is 7. The molecule has 1 N–H and O–H groups in total. The summed E-state index contributed by atoms with van der Waals surface area (Å²) in [6.07, 6.45) is 6.33. The van der Waals surface area contributed by atoms with Gasteiger partial charge in [0, 0.05) is 19.1 Å². The molecule has 10 heteroatoms. The van der Waals surface area contributed by atoms with Crippen LogP contribution in [0, 0.1) is 17.0 Å². The van der Waals surface area contributed by atoms with Crippen molar-refractivity contribution in [2.45, 2.75) is 57.5 Å². The topological polar surface area (TPSA) is 133 Å². The number of nitrogens with zero attached hydrogens (tertiary/aromatic N) is 4. The third kappa shape index (κ3) is 4.21. The molecule has 1 saturated carbocycles. The van der Waals surface area contributed by atoms with Gasteiger partial charge in [-0.25, -0.2) is 0 Å². The molecule has 0 bridgehead atoms. The lowest BCUT2D eigenvalue weighted by molar-refractivity contribution is -0.385. The molecule has 0 spiro atoms. The first kappa shape index (κ1) is 18.7. The van der Waals surface area contributed by atoms with Gasteiger partial charge in [0.25, 0.3) is 11.2 Å². The zero-order chi connectivity index (χ0) is 19.4. The van der Waals surface area contributed by atoms with Gasteiger partial charge >= 0.3 is 0 Å². The van der Waals surface area contributed by atoms with E-state index in [1.807, 2.05) is 0 Å². The Kier molecular flexibility index (Phi) is 5.33. The van der Waals surface area contributed by atoms with E-state index >= 15 is 0 Å². The second-order valence-electron chi connectivity index (χ2n) is 6.79. The molecule has 1 aliphatic carbocycles. The summed E-state index contributed by atoms with van der Waals surface area (Å²) in [6.45, 7) is 1.37. The van der Waals surface area contributed by atoms with E-state index in [4.69, 9.17) is 4.52 Å². The number of aryl methyl sites for hydroxylation is 1. The minimum atomic E-state index is -0.754. The standard InChI is InChI=1S/C17H21N5O5/c1-12-18-16(20-27-12)17(8-4-2-3-5-9-17)19-14(23)11-21-10-13(22(25)26)6-7-15(21)24/h6-7,10H,2-5,8-9,11H2,1H3,(H,19,23). The van der Waals surface area contributed by atoms with Gasteiger partial charge in [0.2, 0.25) is 11.8 Å². The first-order valence-electron chi connectivity index (χ1n) is 8.86. The molecule has 1 amide bonds. The summed E-state index contributed by atoms with van der Waals surface area (Å²) < 4.78 is 6.13. The van der Waals surface area contributed by atoms with E-state index < -0.39 is 21.9 Å². The van der Waals surface area contributed by atoms with E-state index in [-0.39, 0.29) is 12.2 Å². The lowest BCUT2D eigenvalue weighted by Gasteiger charge is -2.30. The van der Waals surface area contributed by atoms with Crippen molar-refractivity contribution in [2.75, 3.05) is 0 Å². The molecule has 144 valence electrons. The van der Waals surface area contributed by atoms with E-state index in [0.29, 0.717) is 24.6 Å². The van der Waals surface area contributed by atoms with E-state index in [1.54, 1.807) is 6.92 Å². The van der Waals surface area contributed by atoms with Gasteiger partial charge in [0.1, 0.15) is 12.1 Å². The maximum absolute atomic E-state index is 12.7. The van der Waals surface area contributed by atoms with Crippen LogP contribution in [0.25, 0.3) is 0 Å². The fourth-order valence-corrected chi connectivity index (χ4v) is 3.44. The summed E-state index contributed by atoms with van der Waals surface area (Å²) >= 11 is 0. The average molecular weight is 375 g/mol. The fraction of sp³-hybridized carbons (Fsp3) is 0.529. The van der Waals surface area contributed by atoms with Crippen LogP contribution in [0.4, 0.5) is 5.69 Å². The summed E-state index contributed by atoms with van der Waals surface area (Å²) in [6, 6.07) is 2.20. The van der Waals surface area contributed by atoms with Crippen molar-refractivity contribution >= 4 is 11.6 Å². The smallest absolute Gasteiger partial charge is 0.285 e. The third-order valence-corrected chi connectivity index (χ3v) is 4.78. The molecule has 2 aromatic heterocycles. The number of aromatic nitrogens is 3. The van der Waals surface area contributed by atoms with E-state index in [1.165, 1.54) is 0 Å². The molecule has 2 aromatic rings. The molecule has 1 aliphatic rings. The van der Waals surface area contributed by atoms with Gasteiger partial charge in [0.05, 0.1) is 11.1 Å². The molecule has 0 atom stereocenters. The monoisotopic (exact) mass is 375 g/mol. The quantitative estimate of drug-likeness (QED) is 0.478. The maximum Gasteiger partial charge on any atom is 0.285 e. The minimum Gasteiger partial charge on any atom is -0.342 e. The summed E-state index contributed by atoms with van der Waals surface area (Å²) in [5, 5.41) is 17.9. The van der Waals surface area contributed by atoms with Crippen molar-refractivity contribution in [1.82, 2.24) is 20.0 Å². The van der Waals surface area contributed by atoms with Crippen molar-refractivity contribution in [3.05, 3.63) is 50.5 Å². The molecule has 2 heterocycles. The average Bonchev–Trinajstić information content (AvgIpc) is 2.92. The number of hydrogen-bond donors (Lipinski definition) is 1. The number of carbonyl (C=O) groups excluding carboxylic acids is 1. The Hall–Kier alpha value is -3.04. The molecule has 0 aliphatic heterocycles. The first-order valence-corrected chi connectivity index (χ1v) is 8.86. The van der Waals surface area contributed by atoms with Gasteiger partial charge in [-0.05, 0) is 12.8 Å². The summed E-state index contributed by atoms with van der Waals surface area (Å²) in [5.41, 5.74) is -1.49. The van der Waals surface area contributed by atoms with Gasteiger partial charge in [-0.1, -0.05) is 30.8 Å².